The van der Waals surface area contributed by atoms with Crippen molar-refractivity contribution in [2.45, 2.75) is 19.8 Å². The van der Waals surface area contributed by atoms with Crippen molar-refractivity contribution in [1.82, 2.24) is 15.1 Å². The molecule has 144 valence electrons. The molecular weight excluding hydrogens is 376 g/mol. The fourth-order valence-corrected chi connectivity index (χ4v) is 2.89. The molecule has 2 aromatic carbocycles. The Labute approximate surface area is 168 Å². The predicted octanol–water partition coefficient (Wildman–Crippen LogP) is 3.85. The summed E-state index contributed by atoms with van der Waals surface area (Å²) in [5.74, 6) is 0.00624. The van der Waals surface area contributed by atoms with E-state index in [1.165, 1.54) is 0 Å². The molecule has 0 aliphatic carbocycles. The van der Waals surface area contributed by atoms with Crippen LogP contribution in [0.5, 0.6) is 0 Å². The van der Waals surface area contributed by atoms with Crippen LogP contribution in [0.3, 0.4) is 0 Å². The van der Waals surface area contributed by atoms with E-state index in [9.17, 15) is 9.59 Å². The molecule has 0 aliphatic rings. The van der Waals surface area contributed by atoms with Crippen molar-refractivity contribution in [3.8, 4) is 5.69 Å². The number of nitrogens with one attached hydrogen (secondary N) is 2. The number of aromatic nitrogens is 2. The molecule has 2 amide bonds. The molecule has 28 heavy (non-hydrogen) atoms. The van der Waals surface area contributed by atoms with Crippen LogP contribution in [0, 0.1) is 0 Å². The molecule has 0 saturated carbocycles. The van der Waals surface area contributed by atoms with Crippen molar-refractivity contribution in [3.63, 3.8) is 0 Å². The van der Waals surface area contributed by atoms with Gasteiger partial charge in [0, 0.05) is 24.1 Å². The van der Waals surface area contributed by atoms with Crippen molar-refractivity contribution < 1.29 is 9.59 Å². The zero-order valence-electron chi connectivity index (χ0n) is 15.5. The van der Waals surface area contributed by atoms with Crippen LogP contribution in [-0.2, 0) is 11.2 Å². The molecule has 0 fully saturated rings. The van der Waals surface area contributed by atoms with Crippen LogP contribution in [0.15, 0.2) is 60.7 Å². The third-order valence-electron chi connectivity index (χ3n) is 4.12. The van der Waals surface area contributed by atoms with E-state index in [1.807, 2.05) is 54.6 Å². The minimum Gasteiger partial charge on any atom is -0.350 e. The summed E-state index contributed by atoms with van der Waals surface area (Å²) in [5, 5.41) is 10.7. The Kier molecular flexibility index (Phi) is 6.45. The van der Waals surface area contributed by atoms with Gasteiger partial charge in [0.15, 0.2) is 5.69 Å². The van der Waals surface area contributed by atoms with E-state index in [2.05, 4.69) is 15.7 Å². The molecular formula is C21H21ClN4O2. The third-order valence-corrected chi connectivity index (χ3v) is 4.35. The van der Waals surface area contributed by atoms with E-state index < -0.39 is 0 Å². The van der Waals surface area contributed by atoms with Crippen molar-refractivity contribution in [2.75, 3.05) is 11.9 Å². The Morgan fingerprint density at radius 3 is 2.57 bits per heavy atom. The number of para-hydroxylation sites is 1. The highest BCUT2D eigenvalue weighted by Gasteiger charge is 2.16. The number of amides is 2. The number of carbonyl (C=O) groups is 2. The van der Waals surface area contributed by atoms with Crippen molar-refractivity contribution in [3.05, 3.63) is 76.9 Å². The van der Waals surface area contributed by atoms with Crippen molar-refractivity contribution in [2.24, 2.45) is 0 Å². The summed E-state index contributed by atoms with van der Waals surface area (Å²) in [6, 6.07) is 18.4. The first-order valence-corrected chi connectivity index (χ1v) is 9.42. The number of nitrogens with zero attached hydrogens (tertiary/aromatic N) is 2. The smallest absolute Gasteiger partial charge is 0.271 e. The highest BCUT2D eigenvalue weighted by Crippen LogP contribution is 2.18. The molecule has 0 atom stereocenters. The lowest BCUT2D eigenvalue weighted by molar-refractivity contribution is -0.115. The molecule has 0 saturated heterocycles. The van der Waals surface area contributed by atoms with E-state index in [1.54, 1.807) is 17.7 Å². The first kappa shape index (κ1) is 19.6. The molecule has 6 nitrogen and oxygen atoms in total. The van der Waals surface area contributed by atoms with E-state index in [4.69, 9.17) is 11.6 Å². The number of anilines is 1. The van der Waals surface area contributed by atoms with Gasteiger partial charge in [0.05, 0.1) is 5.69 Å². The fraction of sp³-hybridized carbons (Fsp3) is 0.190. The summed E-state index contributed by atoms with van der Waals surface area (Å²) in [6.07, 6.45) is 0.992. The maximum absolute atomic E-state index is 12.5. The van der Waals surface area contributed by atoms with Crippen LogP contribution < -0.4 is 10.6 Å². The lowest BCUT2D eigenvalue weighted by Crippen LogP contribution is -2.26. The van der Waals surface area contributed by atoms with E-state index in [0.29, 0.717) is 30.2 Å². The Morgan fingerprint density at radius 2 is 1.86 bits per heavy atom. The number of halogens is 1. The lowest BCUT2D eigenvalue weighted by atomic mass is 10.1. The zero-order chi connectivity index (χ0) is 19.9. The standard InChI is InChI=1S/C21H21ClN4O2/c1-2-20(27)24-19-14-18(25-26(19)17-9-4-3-5-10-17)21(28)23-12-11-15-7-6-8-16(22)13-15/h3-10,13-14H,2,11-12H2,1H3,(H,23,28)(H,24,27). The van der Waals surface area contributed by atoms with Crippen LogP contribution in [-0.4, -0.2) is 28.1 Å². The minimum atomic E-state index is -0.302. The predicted molar refractivity (Wildman–Crippen MR) is 110 cm³/mol. The Balaban J connectivity index is 1.73. The molecule has 1 aromatic heterocycles. The van der Waals surface area contributed by atoms with Gasteiger partial charge >= 0.3 is 0 Å². The topological polar surface area (TPSA) is 76.0 Å². The molecule has 0 spiro atoms. The number of benzene rings is 2. The molecule has 1 heterocycles. The van der Waals surface area contributed by atoms with Gasteiger partial charge in [0.2, 0.25) is 5.91 Å². The molecule has 3 aromatic rings. The van der Waals surface area contributed by atoms with Gasteiger partial charge in [-0.3, -0.25) is 9.59 Å². The van der Waals surface area contributed by atoms with E-state index >= 15 is 0 Å². The maximum Gasteiger partial charge on any atom is 0.271 e. The lowest BCUT2D eigenvalue weighted by Gasteiger charge is -2.07. The highest BCUT2D eigenvalue weighted by molar-refractivity contribution is 6.30. The quantitative estimate of drug-likeness (QED) is 0.637. The van der Waals surface area contributed by atoms with Gasteiger partial charge in [0.25, 0.3) is 5.91 Å². The average molecular weight is 397 g/mol. The van der Waals surface area contributed by atoms with Gasteiger partial charge in [-0.2, -0.15) is 5.10 Å². The second-order valence-corrected chi connectivity index (χ2v) is 6.64. The summed E-state index contributed by atoms with van der Waals surface area (Å²) >= 11 is 5.98. The number of hydrogen-bond acceptors (Lipinski definition) is 3. The normalized spacial score (nSPS) is 10.5. The minimum absolute atomic E-state index is 0.148. The largest absolute Gasteiger partial charge is 0.350 e. The van der Waals surface area contributed by atoms with Gasteiger partial charge in [-0.15, -0.1) is 0 Å². The SMILES string of the molecule is CCC(=O)Nc1cc(C(=O)NCCc2cccc(Cl)c2)nn1-c1ccccc1. The Morgan fingerprint density at radius 1 is 1.07 bits per heavy atom. The molecule has 0 aliphatic heterocycles. The van der Waals surface area contributed by atoms with Crippen LogP contribution in [0.2, 0.25) is 5.02 Å². The number of rotatable bonds is 7. The molecule has 0 unspecified atom stereocenters. The van der Waals surface area contributed by atoms with Crippen LogP contribution in [0.25, 0.3) is 5.69 Å². The second kappa shape index (κ2) is 9.19. The summed E-state index contributed by atoms with van der Waals surface area (Å²) in [6.45, 7) is 2.22. The zero-order valence-corrected chi connectivity index (χ0v) is 16.2. The van der Waals surface area contributed by atoms with Gasteiger partial charge in [-0.05, 0) is 36.2 Å². The van der Waals surface area contributed by atoms with Crippen molar-refractivity contribution >= 4 is 29.2 Å². The van der Waals surface area contributed by atoms with Gasteiger partial charge in [0.1, 0.15) is 5.82 Å². The average Bonchev–Trinajstić information content (AvgIpc) is 3.12. The summed E-state index contributed by atoms with van der Waals surface area (Å²) in [5.41, 5.74) is 2.03. The Bertz CT molecular complexity index is 970. The first-order valence-electron chi connectivity index (χ1n) is 9.05. The molecule has 0 bridgehead atoms. The van der Waals surface area contributed by atoms with Crippen LogP contribution in [0.4, 0.5) is 5.82 Å². The maximum atomic E-state index is 12.5. The first-order chi connectivity index (χ1) is 13.6. The summed E-state index contributed by atoms with van der Waals surface area (Å²) < 4.78 is 1.56. The highest BCUT2D eigenvalue weighted by atomic mass is 35.5. The van der Waals surface area contributed by atoms with Crippen molar-refractivity contribution in [1.29, 1.82) is 0 Å². The van der Waals surface area contributed by atoms with E-state index in [-0.39, 0.29) is 17.5 Å². The molecule has 7 heteroatoms. The van der Waals surface area contributed by atoms with Gasteiger partial charge in [-0.25, -0.2) is 4.68 Å². The molecule has 0 radical (unpaired) electrons. The number of carbonyl (C=O) groups excluding carboxylic acids is 2. The monoisotopic (exact) mass is 396 g/mol. The third kappa shape index (κ3) is 4.98. The summed E-state index contributed by atoms with van der Waals surface area (Å²) in [4.78, 5) is 24.4. The van der Waals surface area contributed by atoms with Gasteiger partial charge < -0.3 is 10.6 Å². The van der Waals surface area contributed by atoms with Crippen LogP contribution >= 0.6 is 11.6 Å². The number of hydrogen-bond donors (Lipinski definition) is 2. The molecule has 2 N–H and O–H groups in total. The molecule has 3 rings (SSSR count). The van der Waals surface area contributed by atoms with Crippen LogP contribution in [0.1, 0.15) is 29.4 Å². The fourth-order valence-electron chi connectivity index (χ4n) is 2.68. The van der Waals surface area contributed by atoms with E-state index in [0.717, 1.165) is 11.3 Å². The Hall–Kier alpha value is -3.12. The second-order valence-electron chi connectivity index (χ2n) is 6.20. The van der Waals surface area contributed by atoms with Gasteiger partial charge in [-0.1, -0.05) is 48.9 Å². The summed E-state index contributed by atoms with van der Waals surface area (Å²) in [7, 11) is 0.